The first-order valence-electron chi connectivity index (χ1n) is 5.64. The van der Waals surface area contributed by atoms with Gasteiger partial charge in [-0.3, -0.25) is 0 Å². The summed E-state index contributed by atoms with van der Waals surface area (Å²) >= 11 is 0. The lowest BCUT2D eigenvalue weighted by Gasteiger charge is -2.22. The summed E-state index contributed by atoms with van der Waals surface area (Å²) in [7, 11) is 0. The molecule has 1 atom stereocenters. The third-order valence-electron chi connectivity index (χ3n) is 1.85. The summed E-state index contributed by atoms with van der Waals surface area (Å²) in [5, 5.41) is 0. The summed E-state index contributed by atoms with van der Waals surface area (Å²) < 4.78 is 23.3. The molecule has 4 nitrogen and oxygen atoms in total. The SMILES string of the molecule is C=C(C)COC(=O)C(C)(F)C(=O)OCC(C)(C)C. The van der Waals surface area contributed by atoms with Gasteiger partial charge in [0, 0.05) is 0 Å². The summed E-state index contributed by atoms with van der Waals surface area (Å²) in [6.45, 7) is 11.4. The van der Waals surface area contributed by atoms with Crippen molar-refractivity contribution in [2.75, 3.05) is 13.2 Å². The minimum Gasteiger partial charge on any atom is -0.462 e. The fraction of sp³-hybridized carbons (Fsp3) is 0.692. The van der Waals surface area contributed by atoms with E-state index < -0.39 is 17.6 Å². The van der Waals surface area contributed by atoms with Crippen LogP contribution < -0.4 is 0 Å². The van der Waals surface area contributed by atoms with Gasteiger partial charge in [0.2, 0.25) is 0 Å². The Morgan fingerprint density at radius 1 is 1.11 bits per heavy atom. The zero-order chi connectivity index (χ0) is 14.6. The molecule has 18 heavy (non-hydrogen) atoms. The third kappa shape index (κ3) is 5.80. The maximum absolute atomic E-state index is 13.9. The number of ether oxygens (including phenoxy) is 2. The van der Waals surface area contributed by atoms with E-state index >= 15 is 0 Å². The predicted molar refractivity (Wildman–Crippen MR) is 65.7 cm³/mol. The molecule has 0 spiro atoms. The van der Waals surface area contributed by atoms with Crippen molar-refractivity contribution in [2.24, 2.45) is 5.41 Å². The van der Waals surface area contributed by atoms with Crippen molar-refractivity contribution < 1.29 is 23.5 Å². The van der Waals surface area contributed by atoms with E-state index in [1.165, 1.54) is 0 Å². The normalized spacial score (nSPS) is 14.6. The van der Waals surface area contributed by atoms with Crippen LogP contribution in [0.5, 0.6) is 0 Å². The molecule has 0 heterocycles. The number of carbonyl (C=O) groups excluding carboxylic acids is 2. The highest BCUT2D eigenvalue weighted by Crippen LogP contribution is 2.19. The standard InChI is InChI=1S/C13H21FO4/c1-9(2)7-17-10(15)13(6,14)11(16)18-8-12(3,4)5/h1,7-8H2,2-6H3. The molecule has 1 unspecified atom stereocenters. The van der Waals surface area contributed by atoms with Crippen molar-refractivity contribution >= 4 is 11.9 Å². The molecule has 5 heteroatoms. The van der Waals surface area contributed by atoms with Crippen LogP contribution in [-0.2, 0) is 19.1 Å². The summed E-state index contributed by atoms with van der Waals surface area (Å²) in [6, 6.07) is 0. The van der Waals surface area contributed by atoms with E-state index in [1.807, 2.05) is 20.8 Å². The van der Waals surface area contributed by atoms with Gasteiger partial charge >= 0.3 is 11.9 Å². The maximum Gasteiger partial charge on any atom is 0.355 e. The first-order valence-corrected chi connectivity index (χ1v) is 5.64. The zero-order valence-corrected chi connectivity index (χ0v) is 11.6. The van der Waals surface area contributed by atoms with E-state index in [9.17, 15) is 14.0 Å². The lowest BCUT2D eigenvalue weighted by Crippen LogP contribution is -2.43. The fourth-order valence-electron chi connectivity index (χ4n) is 0.825. The van der Waals surface area contributed by atoms with Crippen LogP contribution in [0.15, 0.2) is 12.2 Å². The van der Waals surface area contributed by atoms with Crippen LogP contribution in [0.1, 0.15) is 34.6 Å². The number of alkyl halides is 1. The Morgan fingerprint density at radius 2 is 1.56 bits per heavy atom. The van der Waals surface area contributed by atoms with Gasteiger partial charge < -0.3 is 9.47 Å². The number of hydrogen-bond acceptors (Lipinski definition) is 4. The molecule has 0 saturated carbocycles. The fourth-order valence-corrected chi connectivity index (χ4v) is 0.825. The Hall–Kier alpha value is -1.39. The summed E-state index contributed by atoms with van der Waals surface area (Å²) in [4.78, 5) is 22.9. The lowest BCUT2D eigenvalue weighted by atomic mass is 9.98. The molecule has 0 N–H and O–H groups in total. The largest absolute Gasteiger partial charge is 0.462 e. The van der Waals surface area contributed by atoms with Gasteiger partial charge in [0.1, 0.15) is 6.61 Å². The molecule has 0 saturated heterocycles. The highest BCUT2D eigenvalue weighted by atomic mass is 19.1. The summed E-state index contributed by atoms with van der Waals surface area (Å²) in [6.07, 6.45) is 0. The van der Waals surface area contributed by atoms with Crippen molar-refractivity contribution in [2.45, 2.75) is 40.3 Å². The quantitative estimate of drug-likeness (QED) is 0.433. The second-order valence-corrected chi connectivity index (χ2v) is 5.67. The van der Waals surface area contributed by atoms with Crippen LogP contribution in [0.3, 0.4) is 0 Å². The second-order valence-electron chi connectivity index (χ2n) is 5.67. The van der Waals surface area contributed by atoms with Gasteiger partial charge in [-0.05, 0) is 24.8 Å². The number of rotatable bonds is 5. The van der Waals surface area contributed by atoms with Gasteiger partial charge in [-0.2, -0.15) is 0 Å². The van der Waals surface area contributed by atoms with Gasteiger partial charge in [0.25, 0.3) is 5.67 Å². The van der Waals surface area contributed by atoms with Crippen molar-refractivity contribution in [3.63, 3.8) is 0 Å². The molecule has 0 aliphatic carbocycles. The van der Waals surface area contributed by atoms with Gasteiger partial charge in [0.15, 0.2) is 0 Å². The Balaban J connectivity index is 4.47. The van der Waals surface area contributed by atoms with Crippen molar-refractivity contribution in [1.29, 1.82) is 0 Å². The number of hydrogen-bond donors (Lipinski definition) is 0. The van der Waals surface area contributed by atoms with Crippen LogP contribution in [0.4, 0.5) is 4.39 Å². The van der Waals surface area contributed by atoms with E-state index in [0.717, 1.165) is 6.92 Å². The van der Waals surface area contributed by atoms with Crippen LogP contribution in [-0.4, -0.2) is 30.8 Å². The molecule has 0 bridgehead atoms. The van der Waals surface area contributed by atoms with Gasteiger partial charge in [-0.15, -0.1) is 0 Å². The minimum absolute atomic E-state index is 0.0269. The molecule has 0 rings (SSSR count). The Labute approximate surface area is 107 Å². The number of esters is 2. The molecule has 0 aromatic heterocycles. The molecule has 0 radical (unpaired) electrons. The maximum atomic E-state index is 13.9. The van der Waals surface area contributed by atoms with E-state index in [4.69, 9.17) is 4.74 Å². The molecule has 0 aromatic rings. The van der Waals surface area contributed by atoms with Crippen molar-refractivity contribution in [3.8, 4) is 0 Å². The van der Waals surface area contributed by atoms with Crippen molar-refractivity contribution in [3.05, 3.63) is 12.2 Å². The predicted octanol–water partition coefficient (Wildman–Crippen LogP) is 2.42. The minimum atomic E-state index is -2.79. The number of carbonyl (C=O) groups is 2. The number of halogens is 1. The smallest absolute Gasteiger partial charge is 0.355 e. The van der Waals surface area contributed by atoms with E-state index in [0.29, 0.717) is 5.57 Å². The van der Waals surface area contributed by atoms with Crippen molar-refractivity contribution in [1.82, 2.24) is 0 Å². The molecule has 0 aromatic carbocycles. The third-order valence-corrected chi connectivity index (χ3v) is 1.85. The van der Waals surface area contributed by atoms with Crippen LogP contribution >= 0.6 is 0 Å². The average Bonchev–Trinajstić information content (AvgIpc) is 2.20. The van der Waals surface area contributed by atoms with E-state index in [-0.39, 0.29) is 18.6 Å². The lowest BCUT2D eigenvalue weighted by molar-refractivity contribution is -0.174. The van der Waals surface area contributed by atoms with Gasteiger partial charge in [-0.1, -0.05) is 27.4 Å². The van der Waals surface area contributed by atoms with E-state index in [1.54, 1.807) is 6.92 Å². The van der Waals surface area contributed by atoms with Gasteiger partial charge in [0.05, 0.1) is 6.61 Å². The first kappa shape index (κ1) is 16.6. The van der Waals surface area contributed by atoms with Crippen LogP contribution in [0, 0.1) is 5.41 Å². The Morgan fingerprint density at radius 3 is 1.94 bits per heavy atom. The zero-order valence-electron chi connectivity index (χ0n) is 11.6. The highest BCUT2D eigenvalue weighted by molar-refractivity contribution is 6.02. The highest BCUT2D eigenvalue weighted by Gasteiger charge is 2.45. The first-order chi connectivity index (χ1) is 7.97. The molecule has 0 fully saturated rings. The van der Waals surface area contributed by atoms with Gasteiger partial charge in [-0.25, -0.2) is 14.0 Å². The Kier molecular flexibility index (Phi) is 5.52. The molecular formula is C13H21FO4. The monoisotopic (exact) mass is 260 g/mol. The molecular weight excluding hydrogens is 239 g/mol. The topological polar surface area (TPSA) is 52.6 Å². The molecule has 104 valence electrons. The van der Waals surface area contributed by atoms with Crippen LogP contribution in [0.25, 0.3) is 0 Å². The Bertz CT molecular complexity index is 339. The van der Waals surface area contributed by atoms with E-state index in [2.05, 4.69) is 11.3 Å². The molecule has 0 aliphatic rings. The molecule has 0 amide bonds. The summed E-state index contributed by atoms with van der Waals surface area (Å²) in [5.74, 6) is -2.49. The molecule has 0 aliphatic heterocycles. The van der Waals surface area contributed by atoms with Crippen LogP contribution in [0.2, 0.25) is 0 Å². The average molecular weight is 260 g/mol. The summed E-state index contributed by atoms with van der Waals surface area (Å²) in [5.41, 5.74) is -2.53. The second kappa shape index (κ2) is 5.98.